The minimum absolute atomic E-state index is 0.0134. The highest BCUT2D eigenvalue weighted by molar-refractivity contribution is 9.09. The van der Waals surface area contributed by atoms with Crippen LogP contribution >= 0.6 is 15.9 Å². The van der Waals surface area contributed by atoms with Gasteiger partial charge >= 0.3 is 5.69 Å². The van der Waals surface area contributed by atoms with Gasteiger partial charge in [-0.25, -0.2) is 0 Å². The Morgan fingerprint density at radius 2 is 2.11 bits per heavy atom. The molecule has 0 bridgehead atoms. The van der Waals surface area contributed by atoms with Gasteiger partial charge in [0, 0.05) is 37.2 Å². The molecule has 0 aromatic heterocycles. The monoisotopic (exact) mass is 316 g/mol. The Bertz CT molecular complexity index is 410. The molecule has 1 rings (SSSR count). The minimum Gasteiger partial charge on any atom is -0.487 e. The van der Waals surface area contributed by atoms with E-state index in [1.54, 1.807) is 12.1 Å². The lowest BCUT2D eigenvalue weighted by molar-refractivity contribution is -0.385. The van der Waals surface area contributed by atoms with E-state index in [-0.39, 0.29) is 5.69 Å². The predicted octanol–water partition coefficient (Wildman–Crippen LogP) is 3.21. The largest absolute Gasteiger partial charge is 0.487 e. The van der Waals surface area contributed by atoms with Gasteiger partial charge < -0.3 is 9.64 Å². The molecule has 0 saturated carbocycles. The summed E-state index contributed by atoms with van der Waals surface area (Å²) in [6, 6.07) is 4.89. The third kappa shape index (κ3) is 4.18. The molecule has 0 radical (unpaired) electrons. The lowest BCUT2D eigenvalue weighted by Gasteiger charge is -2.14. The zero-order chi connectivity index (χ0) is 13.5. The average Bonchev–Trinajstić information content (AvgIpc) is 2.34. The van der Waals surface area contributed by atoms with Crippen LogP contribution in [0.2, 0.25) is 0 Å². The van der Waals surface area contributed by atoms with E-state index >= 15 is 0 Å². The van der Waals surface area contributed by atoms with Gasteiger partial charge in [0.25, 0.3) is 0 Å². The molecular formula is C12H17BrN2O3. The number of ether oxygens (including phenoxy) is 1. The fourth-order valence-electron chi connectivity index (χ4n) is 1.43. The molecule has 18 heavy (non-hydrogen) atoms. The van der Waals surface area contributed by atoms with Crippen LogP contribution in [0.15, 0.2) is 18.2 Å². The highest BCUT2D eigenvalue weighted by Crippen LogP contribution is 2.31. The molecule has 0 heterocycles. The van der Waals surface area contributed by atoms with Crippen molar-refractivity contribution in [3.8, 4) is 5.75 Å². The lowest BCUT2D eigenvalue weighted by atomic mass is 10.2. The van der Waals surface area contributed by atoms with Gasteiger partial charge in [0.1, 0.15) is 0 Å². The van der Waals surface area contributed by atoms with E-state index in [2.05, 4.69) is 15.9 Å². The summed E-state index contributed by atoms with van der Waals surface area (Å²) >= 11 is 3.33. The first-order valence-electron chi connectivity index (χ1n) is 5.70. The van der Waals surface area contributed by atoms with Crippen LogP contribution in [-0.4, -0.2) is 31.0 Å². The number of nitro benzene ring substituents is 1. The number of hydrogen-bond acceptors (Lipinski definition) is 4. The molecular weight excluding hydrogens is 300 g/mol. The summed E-state index contributed by atoms with van der Waals surface area (Å²) in [6.45, 7) is 0.489. The summed E-state index contributed by atoms with van der Waals surface area (Å²) in [5.74, 6) is 0.334. The van der Waals surface area contributed by atoms with Crippen molar-refractivity contribution in [2.45, 2.75) is 12.8 Å². The zero-order valence-corrected chi connectivity index (χ0v) is 12.1. The second kappa shape index (κ2) is 7.20. The Labute approximate surface area is 115 Å². The van der Waals surface area contributed by atoms with Gasteiger partial charge in [-0.2, -0.15) is 0 Å². The van der Waals surface area contributed by atoms with Crippen molar-refractivity contribution in [2.75, 3.05) is 30.9 Å². The molecule has 0 atom stereocenters. The zero-order valence-electron chi connectivity index (χ0n) is 10.6. The molecule has 0 amide bonds. The number of halogens is 1. The number of rotatable bonds is 7. The van der Waals surface area contributed by atoms with Crippen molar-refractivity contribution in [3.05, 3.63) is 28.3 Å². The normalized spacial score (nSPS) is 10.2. The van der Waals surface area contributed by atoms with Crippen LogP contribution in [0.5, 0.6) is 5.75 Å². The van der Waals surface area contributed by atoms with Gasteiger partial charge in [-0.15, -0.1) is 0 Å². The average molecular weight is 317 g/mol. The van der Waals surface area contributed by atoms with Gasteiger partial charge in [-0.1, -0.05) is 15.9 Å². The number of nitrogens with zero attached hydrogens (tertiary/aromatic N) is 2. The molecule has 1 aromatic rings. The Morgan fingerprint density at radius 1 is 1.39 bits per heavy atom. The number of hydrogen-bond donors (Lipinski definition) is 0. The van der Waals surface area contributed by atoms with E-state index in [1.807, 2.05) is 19.0 Å². The van der Waals surface area contributed by atoms with Crippen LogP contribution in [0, 0.1) is 10.1 Å². The smallest absolute Gasteiger partial charge is 0.311 e. The number of alkyl halides is 1. The maximum Gasteiger partial charge on any atom is 0.311 e. The molecule has 0 aliphatic heterocycles. The molecule has 1 aromatic carbocycles. The first-order valence-corrected chi connectivity index (χ1v) is 6.83. The Hall–Kier alpha value is -1.30. The Morgan fingerprint density at radius 3 is 2.67 bits per heavy atom. The predicted molar refractivity (Wildman–Crippen MR) is 75.9 cm³/mol. The number of benzene rings is 1. The van der Waals surface area contributed by atoms with Gasteiger partial charge in [-0.05, 0) is 18.9 Å². The molecule has 0 aliphatic carbocycles. The summed E-state index contributed by atoms with van der Waals surface area (Å²) in [7, 11) is 3.77. The van der Waals surface area contributed by atoms with Crippen molar-refractivity contribution in [3.63, 3.8) is 0 Å². The first-order chi connectivity index (χ1) is 8.56. The summed E-state index contributed by atoms with van der Waals surface area (Å²) in [4.78, 5) is 12.4. The van der Waals surface area contributed by atoms with Gasteiger partial charge in [-0.3, -0.25) is 10.1 Å². The van der Waals surface area contributed by atoms with Gasteiger partial charge in [0.15, 0.2) is 5.75 Å². The van der Waals surface area contributed by atoms with E-state index in [4.69, 9.17) is 4.74 Å². The van der Waals surface area contributed by atoms with Crippen molar-refractivity contribution < 1.29 is 9.66 Å². The van der Waals surface area contributed by atoms with Gasteiger partial charge in [0.2, 0.25) is 0 Å². The molecule has 0 unspecified atom stereocenters. The SMILES string of the molecule is CN(C)c1ccc([N+](=O)[O-])c(OCCCCBr)c1. The van der Waals surface area contributed by atoms with Crippen LogP contribution in [0.25, 0.3) is 0 Å². The molecule has 0 saturated heterocycles. The van der Waals surface area contributed by atoms with Crippen LogP contribution < -0.4 is 9.64 Å². The van der Waals surface area contributed by atoms with E-state index in [0.29, 0.717) is 12.4 Å². The summed E-state index contributed by atoms with van der Waals surface area (Å²) in [6.07, 6.45) is 1.86. The molecule has 0 spiro atoms. The third-order valence-corrected chi connectivity index (χ3v) is 3.00. The van der Waals surface area contributed by atoms with Crippen LogP contribution in [0.4, 0.5) is 11.4 Å². The van der Waals surface area contributed by atoms with E-state index in [0.717, 1.165) is 23.9 Å². The van der Waals surface area contributed by atoms with E-state index in [9.17, 15) is 10.1 Å². The van der Waals surface area contributed by atoms with E-state index in [1.165, 1.54) is 6.07 Å². The fourth-order valence-corrected chi connectivity index (χ4v) is 1.82. The van der Waals surface area contributed by atoms with Crippen LogP contribution in [0.1, 0.15) is 12.8 Å². The quantitative estimate of drug-likeness (QED) is 0.335. The molecule has 0 fully saturated rings. The van der Waals surface area contributed by atoms with Crippen LogP contribution in [-0.2, 0) is 0 Å². The van der Waals surface area contributed by atoms with Crippen molar-refractivity contribution in [1.29, 1.82) is 0 Å². The standard InChI is InChI=1S/C12H17BrN2O3/c1-14(2)10-5-6-11(15(16)17)12(9-10)18-8-4-3-7-13/h5-6,9H,3-4,7-8H2,1-2H3. The fraction of sp³-hybridized carbons (Fsp3) is 0.500. The number of anilines is 1. The number of nitro groups is 1. The van der Waals surface area contributed by atoms with Crippen LogP contribution in [0.3, 0.4) is 0 Å². The summed E-state index contributed by atoms with van der Waals surface area (Å²) in [5, 5.41) is 11.8. The van der Waals surface area contributed by atoms with Crippen molar-refractivity contribution >= 4 is 27.3 Å². The highest BCUT2D eigenvalue weighted by atomic mass is 79.9. The lowest BCUT2D eigenvalue weighted by Crippen LogP contribution is -2.09. The maximum absolute atomic E-state index is 10.9. The topological polar surface area (TPSA) is 55.6 Å². The second-order valence-electron chi connectivity index (χ2n) is 4.05. The molecule has 0 N–H and O–H groups in total. The molecule has 100 valence electrons. The summed E-state index contributed by atoms with van der Waals surface area (Å²) < 4.78 is 5.50. The molecule has 5 nitrogen and oxygen atoms in total. The molecule has 0 aliphatic rings. The summed E-state index contributed by atoms with van der Waals surface area (Å²) in [5.41, 5.74) is 0.899. The van der Waals surface area contributed by atoms with E-state index < -0.39 is 4.92 Å². The highest BCUT2D eigenvalue weighted by Gasteiger charge is 2.16. The minimum atomic E-state index is -0.417. The number of unbranched alkanes of at least 4 members (excludes halogenated alkanes) is 1. The van der Waals surface area contributed by atoms with Gasteiger partial charge in [0.05, 0.1) is 11.5 Å². The maximum atomic E-state index is 10.9. The van der Waals surface area contributed by atoms with Crippen molar-refractivity contribution in [1.82, 2.24) is 0 Å². The first kappa shape index (κ1) is 14.8. The Kier molecular flexibility index (Phi) is 5.91. The Balaban J connectivity index is 2.83. The third-order valence-electron chi connectivity index (χ3n) is 2.44. The van der Waals surface area contributed by atoms with Crippen molar-refractivity contribution in [2.24, 2.45) is 0 Å². The second-order valence-corrected chi connectivity index (χ2v) is 4.84. The molecule has 6 heteroatoms.